The Morgan fingerprint density at radius 2 is 1.71 bits per heavy atom. The second-order valence-corrected chi connectivity index (χ2v) is 8.95. The summed E-state index contributed by atoms with van der Waals surface area (Å²) in [6.07, 6.45) is 1.46. The van der Waals surface area contributed by atoms with E-state index in [-0.39, 0.29) is 11.8 Å². The Labute approximate surface area is 211 Å². The molecule has 0 aliphatic carbocycles. The summed E-state index contributed by atoms with van der Waals surface area (Å²) in [5.74, 6) is 0.610. The molecule has 4 rings (SSSR count). The smallest absolute Gasteiger partial charge is 0.255 e. The second kappa shape index (κ2) is 11.8. The van der Waals surface area contributed by atoms with Gasteiger partial charge in [0.2, 0.25) is 5.91 Å². The van der Waals surface area contributed by atoms with Gasteiger partial charge in [-0.15, -0.1) is 0 Å². The molecule has 1 aliphatic heterocycles. The van der Waals surface area contributed by atoms with E-state index >= 15 is 0 Å². The fraction of sp³-hybridized carbons (Fsp3) is 0.286. The number of carbonyl (C=O) groups excluding carboxylic acids is 2. The molecule has 1 heterocycles. The summed E-state index contributed by atoms with van der Waals surface area (Å²) in [5, 5.41) is 3.48. The molecule has 1 aliphatic rings. The van der Waals surface area contributed by atoms with E-state index in [0.717, 1.165) is 30.8 Å². The number of hydrogen-bond donors (Lipinski definition) is 1. The Kier molecular flexibility index (Phi) is 8.27. The van der Waals surface area contributed by atoms with Crippen molar-refractivity contribution in [1.82, 2.24) is 4.90 Å². The van der Waals surface area contributed by atoms with Crippen molar-refractivity contribution < 1.29 is 14.3 Å². The summed E-state index contributed by atoms with van der Waals surface area (Å²) in [6, 6.07) is 22.5. The predicted octanol–water partition coefficient (Wildman–Crippen LogP) is 5.62. The number of amides is 2. The number of rotatable bonds is 8. The van der Waals surface area contributed by atoms with E-state index < -0.39 is 0 Å². The molecular weight excluding hydrogens is 462 g/mol. The highest BCUT2D eigenvalue weighted by atomic mass is 35.5. The quantitative estimate of drug-likeness (QED) is 0.444. The lowest BCUT2D eigenvalue weighted by Crippen LogP contribution is -2.48. The highest BCUT2D eigenvalue weighted by molar-refractivity contribution is 6.33. The predicted molar refractivity (Wildman–Crippen MR) is 140 cm³/mol. The van der Waals surface area contributed by atoms with Crippen LogP contribution in [-0.2, 0) is 11.4 Å². The van der Waals surface area contributed by atoms with Crippen molar-refractivity contribution in [3.05, 3.63) is 88.9 Å². The summed E-state index contributed by atoms with van der Waals surface area (Å²) in [5.41, 5.74) is 3.09. The summed E-state index contributed by atoms with van der Waals surface area (Å²) >= 11 is 6.57. The number of benzene rings is 3. The lowest BCUT2D eigenvalue weighted by Gasteiger charge is -2.36. The SMILES string of the molecule is CCCC(=O)N1CCN(c2ccc(NC(=O)c3cccc(OCc4ccccc4)c3)cc2Cl)CC1. The number of hydrogen-bond acceptors (Lipinski definition) is 4. The fourth-order valence-corrected chi connectivity index (χ4v) is 4.38. The maximum atomic E-state index is 12.8. The first-order valence-electron chi connectivity index (χ1n) is 11.9. The third-order valence-electron chi connectivity index (χ3n) is 5.99. The molecule has 0 radical (unpaired) electrons. The van der Waals surface area contributed by atoms with E-state index in [2.05, 4.69) is 10.2 Å². The van der Waals surface area contributed by atoms with Gasteiger partial charge in [-0.05, 0) is 48.4 Å². The van der Waals surface area contributed by atoms with Gasteiger partial charge in [-0.2, -0.15) is 0 Å². The Bertz CT molecular complexity index is 1160. The van der Waals surface area contributed by atoms with Crippen LogP contribution in [0.3, 0.4) is 0 Å². The van der Waals surface area contributed by atoms with Gasteiger partial charge in [0.25, 0.3) is 5.91 Å². The molecule has 35 heavy (non-hydrogen) atoms. The van der Waals surface area contributed by atoms with Crippen molar-refractivity contribution >= 4 is 34.8 Å². The number of anilines is 2. The van der Waals surface area contributed by atoms with Gasteiger partial charge in [0.05, 0.1) is 10.7 Å². The molecule has 6 nitrogen and oxygen atoms in total. The van der Waals surface area contributed by atoms with E-state index in [1.54, 1.807) is 24.3 Å². The van der Waals surface area contributed by atoms with Crippen LogP contribution in [0.15, 0.2) is 72.8 Å². The summed E-state index contributed by atoms with van der Waals surface area (Å²) in [7, 11) is 0. The second-order valence-electron chi connectivity index (χ2n) is 8.54. The molecule has 1 saturated heterocycles. The van der Waals surface area contributed by atoms with Gasteiger partial charge in [-0.1, -0.05) is 54.9 Å². The molecule has 0 atom stereocenters. The van der Waals surface area contributed by atoms with Crippen LogP contribution < -0.4 is 15.0 Å². The van der Waals surface area contributed by atoms with Gasteiger partial charge in [-0.3, -0.25) is 9.59 Å². The number of carbonyl (C=O) groups is 2. The topological polar surface area (TPSA) is 61.9 Å². The summed E-state index contributed by atoms with van der Waals surface area (Å²) in [4.78, 5) is 29.1. The van der Waals surface area contributed by atoms with Crippen molar-refractivity contribution in [3.63, 3.8) is 0 Å². The van der Waals surface area contributed by atoms with Gasteiger partial charge in [-0.25, -0.2) is 0 Å². The number of ether oxygens (including phenoxy) is 1. The molecule has 2 amide bonds. The van der Waals surface area contributed by atoms with Gasteiger partial charge in [0.1, 0.15) is 12.4 Å². The minimum absolute atomic E-state index is 0.214. The highest BCUT2D eigenvalue weighted by Gasteiger charge is 2.22. The zero-order valence-electron chi connectivity index (χ0n) is 19.9. The minimum atomic E-state index is -0.234. The third-order valence-corrected chi connectivity index (χ3v) is 6.29. The normalized spacial score (nSPS) is 13.4. The Morgan fingerprint density at radius 3 is 2.43 bits per heavy atom. The van der Waals surface area contributed by atoms with Crippen LogP contribution in [0, 0.1) is 0 Å². The first kappa shape index (κ1) is 24.6. The van der Waals surface area contributed by atoms with Crippen LogP contribution in [0.2, 0.25) is 5.02 Å². The number of nitrogens with zero attached hydrogens (tertiary/aromatic N) is 2. The van der Waals surface area contributed by atoms with E-state index in [1.807, 2.05) is 60.4 Å². The Morgan fingerprint density at radius 1 is 0.943 bits per heavy atom. The number of halogens is 1. The molecule has 3 aromatic rings. The lowest BCUT2D eigenvalue weighted by atomic mass is 10.2. The lowest BCUT2D eigenvalue weighted by molar-refractivity contribution is -0.131. The molecule has 1 fully saturated rings. The zero-order chi connectivity index (χ0) is 24.6. The first-order chi connectivity index (χ1) is 17.0. The third kappa shape index (κ3) is 6.55. The van der Waals surface area contributed by atoms with Crippen LogP contribution in [0.5, 0.6) is 5.75 Å². The van der Waals surface area contributed by atoms with Crippen LogP contribution in [-0.4, -0.2) is 42.9 Å². The van der Waals surface area contributed by atoms with E-state index in [1.165, 1.54) is 0 Å². The Balaban J connectivity index is 1.35. The van der Waals surface area contributed by atoms with Crippen molar-refractivity contribution in [1.29, 1.82) is 0 Å². The van der Waals surface area contributed by atoms with Crippen molar-refractivity contribution in [2.45, 2.75) is 26.4 Å². The molecule has 0 aromatic heterocycles. The van der Waals surface area contributed by atoms with E-state index in [4.69, 9.17) is 16.3 Å². The van der Waals surface area contributed by atoms with Gasteiger partial charge in [0, 0.05) is 43.9 Å². The zero-order valence-corrected chi connectivity index (χ0v) is 20.6. The average Bonchev–Trinajstić information content (AvgIpc) is 2.89. The maximum absolute atomic E-state index is 12.8. The van der Waals surface area contributed by atoms with E-state index in [9.17, 15) is 9.59 Å². The molecule has 0 unspecified atom stereocenters. The molecule has 7 heteroatoms. The van der Waals surface area contributed by atoms with Gasteiger partial charge in [0.15, 0.2) is 0 Å². The molecule has 0 saturated carbocycles. The molecule has 0 spiro atoms. The number of piperazine rings is 1. The monoisotopic (exact) mass is 491 g/mol. The summed E-state index contributed by atoms with van der Waals surface area (Å²) < 4.78 is 5.84. The van der Waals surface area contributed by atoms with Crippen LogP contribution in [0.4, 0.5) is 11.4 Å². The number of nitrogens with one attached hydrogen (secondary N) is 1. The molecule has 1 N–H and O–H groups in total. The molecule has 3 aromatic carbocycles. The van der Waals surface area contributed by atoms with Crippen LogP contribution >= 0.6 is 11.6 Å². The standard InChI is InChI=1S/C28H30ClN3O3/c1-2-7-27(33)32-16-14-31(15-17-32)26-13-12-23(19-25(26)29)30-28(34)22-10-6-11-24(18-22)35-20-21-8-4-3-5-9-21/h3-6,8-13,18-19H,2,7,14-17,20H2,1H3,(H,30,34). The van der Waals surface area contributed by atoms with Crippen molar-refractivity contribution in [3.8, 4) is 5.75 Å². The largest absolute Gasteiger partial charge is 0.489 e. The molecule has 182 valence electrons. The van der Waals surface area contributed by atoms with Crippen LogP contribution in [0.25, 0.3) is 0 Å². The Hall–Kier alpha value is -3.51. The molecule has 0 bridgehead atoms. The van der Waals surface area contributed by atoms with Crippen molar-refractivity contribution in [2.75, 3.05) is 36.4 Å². The van der Waals surface area contributed by atoms with Gasteiger partial charge < -0.3 is 19.9 Å². The fourth-order valence-electron chi connectivity index (χ4n) is 4.08. The van der Waals surface area contributed by atoms with Gasteiger partial charge >= 0.3 is 0 Å². The average molecular weight is 492 g/mol. The van der Waals surface area contributed by atoms with E-state index in [0.29, 0.717) is 48.1 Å². The minimum Gasteiger partial charge on any atom is -0.489 e. The molecular formula is C28H30ClN3O3. The maximum Gasteiger partial charge on any atom is 0.255 e. The highest BCUT2D eigenvalue weighted by Crippen LogP contribution is 2.30. The van der Waals surface area contributed by atoms with Crippen molar-refractivity contribution in [2.24, 2.45) is 0 Å². The first-order valence-corrected chi connectivity index (χ1v) is 12.3. The van der Waals surface area contributed by atoms with Crippen LogP contribution in [0.1, 0.15) is 35.7 Å². The summed E-state index contributed by atoms with van der Waals surface area (Å²) in [6.45, 7) is 5.30.